The number of phenolic OH excluding ortho intramolecular Hbond substituents is 1. The number of hydrogen-bond donors (Lipinski definition) is 7. The zero-order chi connectivity index (χ0) is 36.2. The lowest BCUT2D eigenvalue weighted by Crippen LogP contribution is -2.39. The quantitative estimate of drug-likeness (QED) is 0.105. The van der Waals surface area contributed by atoms with E-state index in [1.807, 2.05) is 92.7 Å². The van der Waals surface area contributed by atoms with Gasteiger partial charge in [-0.25, -0.2) is 0 Å². The van der Waals surface area contributed by atoms with Crippen molar-refractivity contribution < 1.29 is 45.3 Å². The van der Waals surface area contributed by atoms with Crippen LogP contribution in [0.25, 0.3) is 0 Å². The van der Waals surface area contributed by atoms with Gasteiger partial charge in [-0.1, -0.05) is 111 Å². The molecule has 0 heterocycles. The number of aromatic hydroxyl groups is 1. The fourth-order valence-electron chi connectivity index (χ4n) is 3.54. The van der Waals surface area contributed by atoms with Crippen LogP contribution in [0.3, 0.4) is 0 Å². The van der Waals surface area contributed by atoms with E-state index in [0.717, 1.165) is 36.0 Å². The van der Waals surface area contributed by atoms with E-state index < -0.39 is 31.2 Å². The maximum absolute atomic E-state index is 12.1. The van der Waals surface area contributed by atoms with Gasteiger partial charge >= 0.3 is 5.97 Å². The highest BCUT2D eigenvalue weighted by molar-refractivity contribution is 5.70. The summed E-state index contributed by atoms with van der Waals surface area (Å²) in [5, 5.41) is 63.0. The predicted octanol–water partition coefficient (Wildman–Crippen LogP) is 5.26. The summed E-state index contributed by atoms with van der Waals surface area (Å²) in [5.41, 5.74) is 0.883. The number of benzene rings is 1. The van der Waals surface area contributed by atoms with Gasteiger partial charge in [0.25, 0.3) is 0 Å². The number of hydrogen-bond acceptors (Lipinski definition) is 9. The number of rotatable bonds is 14. The number of aliphatic hydroxyl groups excluding tert-OH is 6. The van der Waals surface area contributed by atoms with Crippen molar-refractivity contribution in [3.63, 3.8) is 0 Å². The summed E-state index contributed by atoms with van der Waals surface area (Å²) in [6.07, 6.45) is 14.6. The third-order valence-corrected chi connectivity index (χ3v) is 6.47. The average molecular weight is 655 g/mol. The van der Waals surface area contributed by atoms with Crippen LogP contribution >= 0.6 is 0 Å². The molecule has 0 atom stereocenters. The summed E-state index contributed by atoms with van der Waals surface area (Å²) in [7, 11) is 0. The van der Waals surface area contributed by atoms with Gasteiger partial charge in [-0.2, -0.15) is 0 Å². The van der Waals surface area contributed by atoms with Gasteiger partial charge in [0.1, 0.15) is 12.4 Å². The van der Waals surface area contributed by atoms with Gasteiger partial charge < -0.3 is 40.5 Å². The molecule has 268 valence electrons. The van der Waals surface area contributed by atoms with Gasteiger partial charge in [0.05, 0.1) is 45.1 Å². The maximum atomic E-state index is 12.1. The first-order chi connectivity index (χ1) is 21.5. The molecule has 0 unspecified atom stereocenters. The fraction of sp³-hybridized carbons (Fsp3) is 0.649. The molecular weight excluding hydrogens is 588 g/mol. The Morgan fingerprint density at radius 1 is 0.652 bits per heavy atom. The van der Waals surface area contributed by atoms with Crippen molar-refractivity contribution in [3.8, 4) is 5.75 Å². The molecule has 0 saturated carbocycles. The summed E-state index contributed by atoms with van der Waals surface area (Å²) in [4.78, 5) is 12.1. The van der Waals surface area contributed by atoms with Crippen LogP contribution in [-0.4, -0.2) is 88.0 Å². The first-order valence-electron chi connectivity index (χ1n) is 16.2. The number of carbonyl (C=O) groups excluding carboxylic acids is 1. The molecule has 0 aromatic heterocycles. The SMILES string of the molecule is CC(C)(C)c1cc(CCC(=O)OCC(CO)(CO)CO)cc(C(C)(C)C)c1O.CC/C=C\CO.CC/C=C\CO.CC/C=C\CO. The Balaban J connectivity index is -0.000000830. The molecule has 0 saturated heterocycles. The van der Waals surface area contributed by atoms with Crippen LogP contribution in [0.15, 0.2) is 48.6 Å². The minimum Gasteiger partial charge on any atom is -0.507 e. The zero-order valence-electron chi connectivity index (χ0n) is 30.1. The van der Waals surface area contributed by atoms with Crippen molar-refractivity contribution in [2.75, 3.05) is 46.2 Å². The van der Waals surface area contributed by atoms with Crippen molar-refractivity contribution in [1.82, 2.24) is 0 Å². The first kappa shape index (κ1) is 47.9. The van der Waals surface area contributed by atoms with Gasteiger partial charge in [-0.15, -0.1) is 0 Å². The van der Waals surface area contributed by atoms with E-state index in [2.05, 4.69) is 0 Å². The van der Waals surface area contributed by atoms with E-state index in [-0.39, 0.29) is 43.7 Å². The minimum atomic E-state index is -1.23. The lowest BCUT2D eigenvalue weighted by molar-refractivity contribution is -0.151. The van der Waals surface area contributed by atoms with E-state index in [1.165, 1.54) is 0 Å². The molecule has 0 aliphatic heterocycles. The molecule has 1 aromatic carbocycles. The second-order valence-corrected chi connectivity index (χ2v) is 12.9. The van der Waals surface area contributed by atoms with Crippen molar-refractivity contribution in [2.45, 2.75) is 105 Å². The van der Waals surface area contributed by atoms with Crippen LogP contribution in [0.1, 0.15) is 105 Å². The topological polar surface area (TPSA) is 168 Å². The average Bonchev–Trinajstić information content (AvgIpc) is 3.02. The van der Waals surface area contributed by atoms with Crippen molar-refractivity contribution in [3.05, 3.63) is 65.3 Å². The highest BCUT2D eigenvalue weighted by Gasteiger charge is 2.30. The summed E-state index contributed by atoms with van der Waals surface area (Å²) in [6.45, 7) is 17.1. The number of aliphatic hydroxyl groups is 6. The van der Waals surface area contributed by atoms with E-state index >= 15 is 0 Å². The fourth-order valence-corrected chi connectivity index (χ4v) is 3.54. The van der Waals surface area contributed by atoms with Crippen LogP contribution in [0.4, 0.5) is 0 Å². The van der Waals surface area contributed by atoms with E-state index in [0.29, 0.717) is 12.2 Å². The van der Waals surface area contributed by atoms with Gasteiger partial charge in [0.15, 0.2) is 0 Å². The molecule has 0 radical (unpaired) electrons. The van der Waals surface area contributed by atoms with E-state index in [4.69, 9.17) is 20.1 Å². The lowest BCUT2D eigenvalue weighted by atomic mass is 9.78. The molecule has 0 aliphatic rings. The van der Waals surface area contributed by atoms with E-state index in [1.54, 1.807) is 18.2 Å². The highest BCUT2D eigenvalue weighted by atomic mass is 16.5. The number of carbonyl (C=O) groups is 1. The number of aryl methyl sites for hydroxylation is 1. The second kappa shape index (κ2) is 27.6. The Morgan fingerprint density at radius 3 is 1.24 bits per heavy atom. The second-order valence-electron chi connectivity index (χ2n) is 12.9. The molecule has 1 aromatic rings. The molecule has 0 aliphatic carbocycles. The number of phenols is 1. The van der Waals surface area contributed by atoms with E-state index in [9.17, 15) is 25.2 Å². The third kappa shape index (κ3) is 22.9. The molecule has 7 N–H and O–H groups in total. The Bertz CT molecular complexity index is 885. The van der Waals surface area contributed by atoms with Crippen LogP contribution in [0.5, 0.6) is 5.75 Å². The van der Waals surface area contributed by atoms with Gasteiger partial charge in [0.2, 0.25) is 0 Å². The molecule has 0 bridgehead atoms. The van der Waals surface area contributed by atoms with Crippen molar-refractivity contribution in [2.24, 2.45) is 5.41 Å². The van der Waals surface area contributed by atoms with Gasteiger partial charge in [0, 0.05) is 6.42 Å². The van der Waals surface area contributed by atoms with Crippen molar-refractivity contribution >= 4 is 5.97 Å². The van der Waals surface area contributed by atoms with Crippen LogP contribution in [-0.2, 0) is 26.8 Å². The summed E-state index contributed by atoms with van der Waals surface area (Å²) in [6, 6.07) is 3.86. The summed E-state index contributed by atoms with van der Waals surface area (Å²) >= 11 is 0. The molecular formula is C37H66O9. The van der Waals surface area contributed by atoms with Gasteiger partial charge in [-0.05, 0) is 53.2 Å². The first-order valence-corrected chi connectivity index (χ1v) is 16.2. The third-order valence-electron chi connectivity index (χ3n) is 6.47. The molecule has 9 nitrogen and oxygen atoms in total. The normalized spacial score (nSPS) is 11.9. The Kier molecular flexibility index (Phi) is 28.7. The lowest BCUT2D eigenvalue weighted by Gasteiger charge is -2.28. The Morgan fingerprint density at radius 2 is 1.00 bits per heavy atom. The predicted molar refractivity (Wildman–Crippen MR) is 188 cm³/mol. The maximum Gasteiger partial charge on any atom is 0.306 e. The molecule has 46 heavy (non-hydrogen) atoms. The summed E-state index contributed by atoms with van der Waals surface area (Å²) in [5.74, 6) is -0.174. The molecule has 0 spiro atoms. The van der Waals surface area contributed by atoms with Gasteiger partial charge in [-0.3, -0.25) is 4.79 Å². The number of esters is 1. The minimum absolute atomic E-state index is 0.121. The number of ether oxygens (including phenoxy) is 1. The van der Waals surface area contributed by atoms with Crippen molar-refractivity contribution in [1.29, 1.82) is 0 Å². The highest BCUT2D eigenvalue weighted by Crippen LogP contribution is 2.40. The van der Waals surface area contributed by atoms with Crippen LogP contribution < -0.4 is 0 Å². The summed E-state index contributed by atoms with van der Waals surface area (Å²) < 4.78 is 5.15. The number of allylic oxidation sites excluding steroid dienone is 3. The monoisotopic (exact) mass is 654 g/mol. The Labute approximate surface area is 279 Å². The largest absolute Gasteiger partial charge is 0.507 e. The smallest absolute Gasteiger partial charge is 0.306 e. The molecule has 9 heteroatoms. The molecule has 1 rings (SSSR count). The standard InChI is InChI=1S/C22H36O6.3C5H10O/c1-20(2,3)16-9-15(10-17(19(16)27)21(4,5)6)7-8-18(26)28-14-22(11-23,12-24)13-25;3*1-2-3-4-5-6/h9-10,23-25,27H,7-8,11-14H2,1-6H3;3*3-4,6H,2,5H2,1H3/b;3*4-3-. The molecule has 0 fully saturated rings. The Hall–Kier alpha value is -2.53. The van der Waals surface area contributed by atoms with Crippen LogP contribution in [0.2, 0.25) is 0 Å². The van der Waals surface area contributed by atoms with Crippen LogP contribution in [0, 0.1) is 5.41 Å². The molecule has 0 amide bonds. The zero-order valence-corrected chi connectivity index (χ0v) is 30.1.